The topological polar surface area (TPSA) is 110 Å². The van der Waals surface area contributed by atoms with E-state index in [-0.39, 0.29) is 16.5 Å². The molecule has 1 unspecified atom stereocenters. The van der Waals surface area contributed by atoms with E-state index in [0.29, 0.717) is 39.6 Å². The largest absolute Gasteiger partial charge is 0.493 e. The predicted molar refractivity (Wildman–Crippen MR) is 152 cm³/mol. The van der Waals surface area contributed by atoms with E-state index in [1.807, 2.05) is 6.92 Å². The molecule has 2 aromatic heterocycles. The summed E-state index contributed by atoms with van der Waals surface area (Å²) in [5.74, 6) is 0.954. The molecular formula is C30H33N3O6S. The summed E-state index contributed by atoms with van der Waals surface area (Å²) < 4.78 is 45.3. The van der Waals surface area contributed by atoms with Gasteiger partial charge in [-0.1, -0.05) is 37.0 Å². The lowest BCUT2D eigenvalue weighted by Gasteiger charge is -2.26. The van der Waals surface area contributed by atoms with E-state index in [4.69, 9.17) is 19.2 Å². The Balaban J connectivity index is 1.73. The molecule has 2 heterocycles. The number of aldehydes is 1. The molecule has 1 saturated carbocycles. The zero-order valence-corrected chi connectivity index (χ0v) is 23.9. The number of hydrogen-bond acceptors (Lipinski definition) is 8. The molecule has 0 aliphatic heterocycles. The molecule has 0 bridgehead atoms. The number of carbonyl (C=O) groups is 1. The average Bonchev–Trinajstić information content (AvgIpc) is 3.37. The Bertz CT molecular complexity index is 1620. The van der Waals surface area contributed by atoms with Crippen molar-refractivity contribution in [2.24, 2.45) is 5.92 Å². The fraction of sp³-hybridized carbons (Fsp3) is 0.367. The quantitative estimate of drug-likeness (QED) is 0.245. The third-order valence-electron chi connectivity index (χ3n) is 7.69. The van der Waals surface area contributed by atoms with Gasteiger partial charge in [-0.05, 0) is 49.9 Å². The third kappa shape index (κ3) is 4.92. The van der Waals surface area contributed by atoms with E-state index in [0.717, 1.165) is 47.9 Å². The van der Waals surface area contributed by atoms with Gasteiger partial charge in [0.25, 0.3) is 10.0 Å². The van der Waals surface area contributed by atoms with Gasteiger partial charge in [-0.2, -0.15) is 0 Å². The smallest absolute Gasteiger partial charge is 0.269 e. The molecule has 0 radical (unpaired) electrons. The van der Waals surface area contributed by atoms with Crippen molar-refractivity contribution in [1.82, 2.24) is 13.9 Å². The summed E-state index contributed by atoms with van der Waals surface area (Å²) in [6.45, 7) is 1.90. The van der Waals surface area contributed by atoms with Gasteiger partial charge in [0.05, 0.1) is 38.1 Å². The van der Waals surface area contributed by atoms with Crippen molar-refractivity contribution in [3.05, 3.63) is 59.9 Å². The molecule has 1 fully saturated rings. The van der Waals surface area contributed by atoms with Gasteiger partial charge in [-0.3, -0.25) is 0 Å². The molecule has 0 N–H and O–H groups in total. The molecule has 0 saturated heterocycles. The predicted octanol–water partition coefficient (Wildman–Crippen LogP) is 5.53. The Morgan fingerprint density at radius 1 is 0.975 bits per heavy atom. The number of fused-ring (bicyclic) bond motifs is 1. The van der Waals surface area contributed by atoms with Gasteiger partial charge in [0.2, 0.25) is 5.75 Å². The first-order chi connectivity index (χ1) is 19.3. The Morgan fingerprint density at radius 2 is 1.62 bits per heavy atom. The van der Waals surface area contributed by atoms with Crippen LogP contribution in [0.5, 0.6) is 17.2 Å². The van der Waals surface area contributed by atoms with Gasteiger partial charge < -0.3 is 19.0 Å². The summed E-state index contributed by atoms with van der Waals surface area (Å²) in [5, 5.41) is 0. The number of methoxy groups -OCH3 is 3. The molecule has 5 rings (SSSR count). The van der Waals surface area contributed by atoms with E-state index in [1.54, 1.807) is 36.4 Å². The summed E-state index contributed by atoms with van der Waals surface area (Å²) >= 11 is 0. The lowest BCUT2D eigenvalue weighted by atomic mass is 9.78. The van der Waals surface area contributed by atoms with Crippen LogP contribution in [-0.4, -0.2) is 50.0 Å². The van der Waals surface area contributed by atoms with Crippen molar-refractivity contribution in [3.8, 4) is 28.5 Å². The van der Waals surface area contributed by atoms with E-state index in [2.05, 4.69) is 4.98 Å². The molecule has 210 valence electrons. The van der Waals surface area contributed by atoms with E-state index in [9.17, 15) is 13.2 Å². The number of carbonyl (C=O) groups excluding carboxylic acids is 1. The molecule has 40 heavy (non-hydrogen) atoms. The van der Waals surface area contributed by atoms with Crippen LogP contribution in [0.25, 0.3) is 22.4 Å². The number of rotatable bonds is 9. The molecular weight excluding hydrogens is 530 g/mol. The average molecular weight is 564 g/mol. The summed E-state index contributed by atoms with van der Waals surface area (Å²) in [4.78, 5) is 22.2. The fourth-order valence-corrected chi connectivity index (χ4v) is 6.86. The van der Waals surface area contributed by atoms with Crippen molar-refractivity contribution < 1.29 is 27.4 Å². The minimum atomic E-state index is -4.00. The molecule has 1 aliphatic carbocycles. The maximum absolute atomic E-state index is 13.8. The van der Waals surface area contributed by atoms with Crippen LogP contribution in [0.3, 0.4) is 0 Å². The Hall–Kier alpha value is -3.92. The number of aryl methyl sites for hydroxylation is 1. The molecule has 2 aromatic carbocycles. The first-order valence-electron chi connectivity index (χ1n) is 13.3. The monoisotopic (exact) mass is 563 g/mol. The zero-order chi connectivity index (χ0) is 28.4. The highest BCUT2D eigenvalue weighted by atomic mass is 32.2. The molecule has 0 spiro atoms. The Labute approximate surface area is 234 Å². The van der Waals surface area contributed by atoms with Gasteiger partial charge in [-0.15, -0.1) is 0 Å². The first-order valence-corrected chi connectivity index (χ1v) is 14.7. The fourth-order valence-electron chi connectivity index (χ4n) is 5.54. The number of hydrogen-bond donors (Lipinski definition) is 0. The molecule has 1 aliphatic rings. The summed E-state index contributed by atoms with van der Waals surface area (Å²) in [6, 6.07) is 10.2. The second-order valence-corrected chi connectivity index (χ2v) is 11.9. The van der Waals surface area contributed by atoms with Crippen LogP contribution < -0.4 is 14.2 Å². The van der Waals surface area contributed by atoms with Gasteiger partial charge >= 0.3 is 0 Å². The van der Waals surface area contributed by atoms with E-state index >= 15 is 0 Å². The second-order valence-electron chi connectivity index (χ2n) is 10.1. The van der Waals surface area contributed by atoms with Crippen molar-refractivity contribution in [2.75, 3.05) is 21.3 Å². The zero-order valence-electron chi connectivity index (χ0n) is 23.1. The summed E-state index contributed by atoms with van der Waals surface area (Å²) in [6.07, 6.45) is 9.01. The SMILES string of the molecule is COc1cc(-c2cnc3c(n2)c(C(C=O)C2CCCCC2)cn3S(=O)(=O)c2ccc(C)cc2)cc(OC)c1OC. The van der Waals surface area contributed by atoms with Crippen LogP contribution in [0.15, 0.2) is 53.7 Å². The van der Waals surface area contributed by atoms with Gasteiger partial charge in [0.1, 0.15) is 11.8 Å². The highest BCUT2D eigenvalue weighted by Crippen LogP contribution is 2.42. The van der Waals surface area contributed by atoms with E-state index < -0.39 is 15.9 Å². The Kier molecular flexibility index (Phi) is 7.80. The number of benzene rings is 2. The lowest BCUT2D eigenvalue weighted by molar-refractivity contribution is -0.110. The molecule has 1 atom stereocenters. The van der Waals surface area contributed by atoms with Crippen molar-refractivity contribution >= 4 is 27.5 Å². The minimum Gasteiger partial charge on any atom is -0.493 e. The first kappa shape index (κ1) is 27.6. The maximum Gasteiger partial charge on any atom is 0.269 e. The van der Waals surface area contributed by atoms with Crippen LogP contribution in [0.1, 0.15) is 49.1 Å². The molecule has 0 amide bonds. The van der Waals surface area contributed by atoms with Crippen LogP contribution in [0.4, 0.5) is 0 Å². The Morgan fingerprint density at radius 3 is 2.20 bits per heavy atom. The van der Waals surface area contributed by atoms with Crippen LogP contribution >= 0.6 is 0 Å². The van der Waals surface area contributed by atoms with Crippen LogP contribution in [0, 0.1) is 12.8 Å². The van der Waals surface area contributed by atoms with Crippen molar-refractivity contribution in [2.45, 2.75) is 49.8 Å². The van der Waals surface area contributed by atoms with Crippen molar-refractivity contribution in [1.29, 1.82) is 0 Å². The summed E-state index contributed by atoms with van der Waals surface area (Å²) in [5.41, 5.74) is 3.19. The standard InChI is InChI=1S/C30H33N3O6S/c1-19-10-12-22(13-11-19)40(35,36)33-17-23(24(18-34)20-8-6-5-7-9-20)28-30(33)31-16-25(32-28)21-14-26(37-2)29(39-4)27(15-21)38-3/h10-18,20,24H,5-9H2,1-4H3. The highest BCUT2D eigenvalue weighted by molar-refractivity contribution is 7.90. The highest BCUT2D eigenvalue weighted by Gasteiger charge is 2.31. The third-order valence-corrected chi connectivity index (χ3v) is 9.36. The second kappa shape index (κ2) is 11.3. The summed E-state index contributed by atoms with van der Waals surface area (Å²) in [7, 11) is 0.589. The normalized spacial score (nSPS) is 15.1. The lowest BCUT2D eigenvalue weighted by Crippen LogP contribution is -2.18. The number of nitrogens with zero attached hydrogens (tertiary/aromatic N) is 3. The van der Waals surface area contributed by atoms with E-state index in [1.165, 1.54) is 33.7 Å². The maximum atomic E-state index is 13.8. The van der Waals surface area contributed by atoms with Gasteiger partial charge in [0, 0.05) is 23.2 Å². The van der Waals surface area contributed by atoms with Gasteiger partial charge in [0.15, 0.2) is 17.1 Å². The van der Waals surface area contributed by atoms with Crippen LogP contribution in [-0.2, 0) is 14.8 Å². The molecule has 4 aromatic rings. The van der Waals surface area contributed by atoms with Crippen molar-refractivity contribution in [3.63, 3.8) is 0 Å². The molecule has 9 nitrogen and oxygen atoms in total. The minimum absolute atomic E-state index is 0.110. The number of ether oxygens (including phenoxy) is 3. The van der Waals surface area contributed by atoms with Gasteiger partial charge in [-0.25, -0.2) is 22.4 Å². The molecule has 10 heteroatoms. The number of aromatic nitrogens is 3. The van der Waals surface area contributed by atoms with Crippen LogP contribution in [0.2, 0.25) is 0 Å².